The maximum absolute atomic E-state index is 11.6. The van der Waals surface area contributed by atoms with E-state index in [0.717, 1.165) is 5.82 Å². The molecule has 21 heavy (non-hydrogen) atoms. The smallest absolute Gasteiger partial charge is 0.332 e. The van der Waals surface area contributed by atoms with Gasteiger partial charge in [0.25, 0.3) is 0 Å². The van der Waals surface area contributed by atoms with Gasteiger partial charge in [0.05, 0.1) is 6.10 Å². The van der Waals surface area contributed by atoms with E-state index in [1.807, 2.05) is 7.05 Å². The zero-order valence-corrected chi connectivity index (χ0v) is 11.8. The molecule has 9 nitrogen and oxygen atoms in total. The first-order valence-electron chi connectivity index (χ1n) is 6.79. The van der Waals surface area contributed by atoms with E-state index < -0.39 is 12.1 Å². The fraction of sp³-hybridized carbons (Fsp3) is 0.667. The van der Waals surface area contributed by atoms with Crippen molar-refractivity contribution in [3.8, 4) is 0 Å². The molecule has 2 unspecified atom stereocenters. The zero-order valence-electron chi connectivity index (χ0n) is 11.8. The second-order valence-corrected chi connectivity index (χ2v) is 4.91. The molecule has 0 saturated carbocycles. The van der Waals surface area contributed by atoms with Crippen molar-refractivity contribution < 1.29 is 19.4 Å². The lowest BCUT2D eigenvalue weighted by atomic mass is 10.2. The molecule has 2 rings (SSSR count). The normalized spacial score (nSPS) is 21.2. The van der Waals surface area contributed by atoms with Gasteiger partial charge in [0.2, 0.25) is 0 Å². The molecule has 2 amide bonds. The van der Waals surface area contributed by atoms with Gasteiger partial charge in [0, 0.05) is 26.6 Å². The largest absolute Gasteiger partial charge is 0.479 e. The summed E-state index contributed by atoms with van der Waals surface area (Å²) in [5, 5.41) is 21.8. The minimum atomic E-state index is -0.953. The second-order valence-electron chi connectivity index (χ2n) is 4.91. The number of amides is 2. The third-order valence-electron chi connectivity index (χ3n) is 3.31. The van der Waals surface area contributed by atoms with Crippen LogP contribution in [0, 0.1) is 0 Å². The van der Waals surface area contributed by atoms with E-state index in [2.05, 4.69) is 20.8 Å². The number of aryl methyl sites for hydroxylation is 1. The van der Waals surface area contributed by atoms with Crippen molar-refractivity contribution in [2.75, 3.05) is 13.1 Å². The van der Waals surface area contributed by atoms with Gasteiger partial charge in [0.1, 0.15) is 12.2 Å². The summed E-state index contributed by atoms with van der Waals surface area (Å²) < 4.78 is 7.08. The van der Waals surface area contributed by atoms with Crippen LogP contribution in [0.1, 0.15) is 18.7 Å². The van der Waals surface area contributed by atoms with Crippen molar-refractivity contribution in [1.82, 2.24) is 25.4 Å². The van der Waals surface area contributed by atoms with Crippen LogP contribution in [-0.2, 0) is 23.0 Å². The lowest BCUT2D eigenvalue weighted by molar-refractivity contribution is -0.149. The molecule has 1 aromatic heterocycles. The highest BCUT2D eigenvalue weighted by molar-refractivity contribution is 5.74. The highest BCUT2D eigenvalue weighted by Crippen LogP contribution is 2.18. The fourth-order valence-electron chi connectivity index (χ4n) is 2.13. The number of carbonyl (C=O) groups is 2. The maximum Gasteiger partial charge on any atom is 0.332 e. The van der Waals surface area contributed by atoms with Gasteiger partial charge >= 0.3 is 12.0 Å². The molecule has 0 aliphatic carbocycles. The lowest BCUT2D eigenvalue weighted by Crippen LogP contribution is -2.40. The standard InChI is InChI=1S/C12H19N5O4/c1-17-7-15-16-10(17)4-5-13-12(20)14-6-8-2-3-9(21-8)11(18)19/h7-9H,2-6H2,1H3,(H,18,19)(H2,13,14,20). The Labute approximate surface area is 121 Å². The number of hydrogen-bond donors (Lipinski definition) is 3. The Balaban J connectivity index is 1.60. The average Bonchev–Trinajstić information content (AvgIpc) is 3.06. The van der Waals surface area contributed by atoms with E-state index >= 15 is 0 Å². The fourth-order valence-corrected chi connectivity index (χ4v) is 2.13. The topological polar surface area (TPSA) is 118 Å². The number of aromatic nitrogens is 3. The van der Waals surface area contributed by atoms with E-state index in [1.54, 1.807) is 10.9 Å². The second kappa shape index (κ2) is 7.02. The van der Waals surface area contributed by atoms with Crippen molar-refractivity contribution in [3.63, 3.8) is 0 Å². The number of ether oxygens (including phenoxy) is 1. The van der Waals surface area contributed by atoms with Crippen LogP contribution in [0.25, 0.3) is 0 Å². The summed E-state index contributed by atoms with van der Waals surface area (Å²) in [5.74, 6) is -0.163. The molecule has 1 aromatic rings. The van der Waals surface area contributed by atoms with Gasteiger partial charge in [-0.2, -0.15) is 0 Å². The predicted octanol–water partition coefficient (Wildman–Crippen LogP) is -0.711. The third kappa shape index (κ3) is 4.42. The molecule has 116 valence electrons. The summed E-state index contributed by atoms with van der Waals surface area (Å²) in [6, 6.07) is -0.306. The van der Waals surface area contributed by atoms with Crippen LogP contribution < -0.4 is 10.6 Å². The summed E-state index contributed by atoms with van der Waals surface area (Å²) >= 11 is 0. The number of hydrogen-bond acceptors (Lipinski definition) is 5. The molecule has 1 aliphatic heterocycles. The van der Waals surface area contributed by atoms with Crippen molar-refractivity contribution >= 4 is 12.0 Å². The van der Waals surface area contributed by atoms with Crippen LogP contribution in [0.2, 0.25) is 0 Å². The summed E-state index contributed by atoms with van der Waals surface area (Å²) in [5.41, 5.74) is 0. The SMILES string of the molecule is Cn1cnnc1CCNC(=O)NCC1CCC(C(=O)O)O1. The van der Waals surface area contributed by atoms with Gasteiger partial charge in [-0.15, -0.1) is 10.2 Å². The molecular weight excluding hydrogens is 278 g/mol. The van der Waals surface area contributed by atoms with Crippen LogP contribution >= 0.6 is 0 Å². The van der Waals surface area contributed by atoms with E-state index in [-0.39, 0.29) is 12.1 Å². The number of carboxylic acid groups (broad SMARTS) is 1. The van der Waals surface area contributed by atoms with Crippen molar-refractivity contribution in [1.29, 1.82) is 0 Å². The average molecular weight is 297 g/mol. The lowest BCUT2D eigenvalue weighted by Gasteiger charge is -2.12. The molecule has 1 fully saturated rings. The van der Waals surface area contributed by atoms with E-state index in [9.17, 15) is 9.59 Å². The zero-order chi connectivity index (χ0) is 15.2. The minimum Gasteiger partial charge on any atom is -0.479 e. The molecule has 0 aromatic carbocycles. The van der Waals surface area contributed by atoms with Crippen molar-refractivity contribution in [3.05, 3.63) is 12.2 Å². The van der Waals surface area contributed by atoms with Crippen LogP contribution in [0.3, 0.4) is 0 Å². The Morgan fingerprint density at radius 2 is 2.29 bits per heavy atom. The Morgan fingerprint density at radius 3 is 2.90 bits per heavy atom. The highest BCUT2D eigenvalue weighted by Gasteiger charge is 2.30. The van der Waals surface area contributed by atoms with Crippen molar-refractivity contribution in [2.45, 2.75) is 31.5 Å². The molecule has 1 aliphatic rings. The summed E-state index contributed by atoms with van der Waals surface area (Å²) in [4.78, 5) is 22.3. The number of carboxylic acids is 1. The number of nitrogens with zero attached hydrogens (tertiary/aromatic N) is 3. The molecule has 2 heterocycles. The summed E-state index contributed by atoms with van der Waals surface area (Å²) in [7, 11) is 1.84. The van der Waals surface area contributed by atoms with Crippen LogP contribution in [0.15, 0.2) is 6.33 Å². The molecule has 9 heteroatoms. The third-order valence-corrected chi connectivity index (χ3v) is 3.31. The van der Waals surface area contributed by atoms with E-state index in [1.165, 1.54) is 0 Å². The van der Waals surface area contributed by atoms with Gasteiger partial charge in [-0.3, -0.25) is 0 Å². The molecule has 0 radical (unpaired) electrons. The Bertz CT molecular complexity index is 504. The first-order chi connectivity index (χ1) is 10.1. The quantitative estimate of drug-likeness (QED) is 0.638. The predicted molar refractivity (Wildman–Crippen MR) is 71.6 cm³/mol. The molecule has 1 saturated heterocycles. The van der Waals surface area contributed by atoms with Gasteiger partial charge < -0.3 is 25.0 Å². The van der Waals surface area contributed by atoms with Crippen LogP contribution in [0.4, 0.5) is 4.79 Å². The number of aliphatic carboxylic acids is 1. The Morgan fingerprint density at radius 1 is 1.48 bits per heavy atom. The monoisotopic (exact) mass is 297 g/mol. The van der Waals surface area contributed by atoms with Gasteiger partial charge in [-0.25, -0.2) is 9.59 Å². The summed E-state index contributed by atoms with van der Waals surface area (Å²) in [6.07, 6.45) is 2.31. The van der Waals surface area contributed by atoms with E-state index in [4.69, 9.17) is 9.84 Å². The molecule has 0 bridgehead atoms. The number of rotatable bonds is 6. The molecule has 3 N–H and O–H groups in total. The minimum absolute atomic E-state index is 0.240. The van der Waals surface area contributed by atoms with Crippen LogP contribution in [0.5, 0.6) is 0 Å². The number of nitrogens with one attached hydrogen (secondary N) is 2. The highest BCUT2D eigenvalue weighted by atomic mass is 16.5. The Kier molecular flexibility index (Phi) is 5.09. The maximum atomic E-state index is 11.6. The first kappa shape index (κ1) is 15.2. The first-order valence-corrected chi connectivity index (χ1v) is 6.79. The molecule has 2 atom stereocenters. The number of urea groups is 1. The van der Waals surface area contributed by atoms with Crippen molar-refractivity contribution in [2.24, 2.45) is 7.05 Å². The Hall–Kier alpha value is -2.16. The van der Waals surface area contributed by atoms with Crippen LogP contribution in [-0.4, -0.2) is 57.2 Å². The summed E-state index contributed by atoms with van der Waals surface area (Å²) in [6.45, 7) is 0.751. The van der Waals surface area contributed by atoms with E-state index in [0.29, 0.717) is 32.4 Å². The van der Waals surface area contributed by atoms with Gasteiger partial charge in [0.15, 0.2) is 6.10 Å². The molecule has 0 spiro atoms. The van der Waals surface area contributed by atoms with Gasteiger partial charge in [-0.1, -0.05) is 0 Å². The number of carbonyl (C=O) groups excluding carboxylic acids is 1. The van der Waals surface area contributed by atoms with Gasteiger partial charge in [-0.05, 0) is 12.8 Å². The molecular formula is C12H19N5O4.